The van der Waals surface area contributed by atoms with Gasteiger partial charge in [-0.3, -0.25) is 4.99 Å². The summed E-state index contributed by atoms with van der Waals surface area (Å²) in [6.07, 6.45) is 6.57. The van der Waals surface area contributed by atoms with Gasteiger partial charge in [-0.2, -0.15) is 0 Å². The number of guanidine groups is 1. The number of ether oxygens (including phenoxy) is 3. The zero-order valence-corrected chi connectivity index (χ0v) is 19.4. The van der Waals surface area contributed by atoms with Gasteiger partial charge < -0.3 is 29.7 Å². The number of piperidine rings is 1. The number of carbonyl (C=O) groups is 1. The summed E-state index contributed by atoms with van der Waals surface area (Å²) in [6.45, 7) is 13.2. The third kappa shape index (κ3) is 9.98. The second-order valence-corrected chi connectivity index (χ2v) is 9.03. The molecule has 1 atom stereocenters. The van der Waals surface area contributed by atoms with Gasteiger partial charge in [0.25, 0.3) is 0 Å². The molecule has 2 aliphatic heterocycles. The summed E-state index contributed by atoms with van der Waals surface area (Å²) >= 11 is 0. The summed E-state index contributed by atoms with van der Waals surface area (Å²) in [5.41, 5.74) is -0.473. The Labute approximate surface area is 182 Å². The highest BCUT2D eigenvalue weighted by Crippen LogP contribution is 2.18. The number of nitrogens with one attached hydrogen (secondary N) is 2. The second kappa shape index (κ2) is 13.0. The maximum Gasteiger partial charge on any atom is 0.407 e. The molecule has 0 aromatic carbocycles. The molecule has 0 spiro atoms. The van der Waals surface area contributed by atoms with E-state index < -0.39 is 5.60 Å². The molecule has 0 bridgehead atoms. The van der Waals surface area contributed by atoms with E-state index in [0.29, 0.717) is 19.2 Å². The summed E-state index contributed by atoms with van der Waals surface area (Å²) in [6, 6.07) is 0. The van der Waals surface area contributed by atoms with Crippen molar-refractivity contribution in [3.63, 3.8) is 0 Å². The lowest BCUT2D eigenvalue weighted by Crippen LogP contribution is -2.47. The van der Waals surface area contributed by atoms with Crippen molar-refractivity contribution >= 4 is 12.1 Å². The van der Waals surface area contributed by atoms with E-state index in [-0.39, 0.29) is 12.2 Å². The van der Waals surface area contributed by atoms with Crippen LogP contribution in [0.3, 0.4) is 0 Å². The minimum absolute atomic E-state index is 0.282. The number of likely N-dealkylation sites (tertiary alicyclic amines) is 1. The van der Waals surface area contributed by atoms with Gasteiger partial charge in [0, 0.05) is 39.3 Å². The molecule has 1 unspecified atom stereocenters. The van der Waals surface area contributed by atoms with Crippen LogP contribution in [-0.2, 0) is 14.2 Å². The fraction of sp³-hybridized carbons (Fsp3) is 0.909. The zero-order chi connectivity index (χ0) is 21.8. The number of nitrogens with zero attached hydrogens (tertiary/aromatic N) is 2. The van der Waals surface area contributed by atoms with Crippen LogP contribution >= 0.6 is 0 Å². The first-order valence-corrected chi connectivity index (χ1v) is 11.6. The molecule has 2 saturated heterocycles. The Bertz CT molecular complexity index is 522. The van der Waals surface area contributed by atoms with E-state index in [4.69, 9.17) is 19.2 Å². The average molecular weight is 427 g/mol. The molecular formula is C22H42N4O4. The first-order chi connectivity index (χ1) is 14.4. The first kappa shape index (κ1) is 24.7. The van der Waals surface area contributed by atoms with Crippen molar-refractivity contribution in [2.24, 2.45) is 4.99 Å². The normalized spacial score (nSPS) is 21.4. The Balaban J connectivity index is 1.65. The van der Waals surface area contributed by atoms with Crippen molar-refractivity contribution in [3.8, 4) is 0 Å². The Kier molecular flexibility index (Phi) is 10.7. The van der Waals surface area contributed by atoms with E-state index in [1.165, 1.54) is 12.8 Å². The minimum Gasteiger partial charge on any atom is -0.444 e. The van der Waals surface area contributed by atoms with Crippen molar-refractivity contribution < 1.29 is 19.0 Å². The molecule has 8 heteroatoms. The van der Waals surface area contributed by atoms with E-state index in [9.17, 15) is 4.79 Å². The van der Waals surface area contributed by atoms with Crippen molar-refractivity contribution in [3.05, 3.63) is 0 Å². The monoisotopic (exact) mass is 426 g/mol. The summed E-state index contributed by atoms with van der Waals surface area (Å²) in [7, 11) is 0. The largest absolute Gasteiger partial charge is 0.444 e. The predicted octanol–water partition coefficient (Wildman–Crippen LogP) is 2.92. The van der Waals surface area contributed by atoms with Crippen LogP contribution in [0.2, 0.25) is 0 Å². The van der Waals surface area contributed by atoms with Gasteiger partial charge in [-0.15, -0.1) is 0 Å². The third-order valence-electron chi connectivity index (χ3n) is 5.13. The molecule has 0 aliphatic carbocycles. The summed E-state index contributed by atoms with van der Waals surface area (Å²) in [5.74, 6) is 0.948. The van der Waals surface area contributed by atoms with Crippen LogP contribution in [0, 0.1) is 0 Å². The van der Waals surface area contributed by atoms with Crippen LogP contribution < -0.4 is 10.6 Å². The lowest BCUT2D eigenvalue weighted by atomic mass is 10.1. The number of amides is 1. The Morgan fingerprint density at radius 3 is 2.57 bits per heavy atom. The van der Waals surface area contributed by atoms with Crippen LogP contribution in [-0.4, -0.2) is 80.7 Å². The molecule has 8 nitrogen and oxygen atoms in total. The molecule has 2 aliphatic rings. The Morgan fingerprint density at radius 1 is 1.17 bits per heavy atom. The Hall–Kier alpha value is -1.54. The van der Waals surface area contributed by atoms with E-state index in [1.807, 2.05) is 20.8 Å². The lowest BCUT2D eigenvalue weighted by molar-refractivity contribution is -0.0721. The number of rotatable bonds is 8. The number of alkyl carbamates (subject to hydrolysis) is 1. The van der Waals surface area contributed by atoms with Crippen LogP contribution in [0.15, 0.2) is 4.99 Å². The summed E-state index contributed by atoms with van der Waals surface area (Å²) in [5, 5.41) is 6.16. The fourth-order valence-corrected chi connectivity index (χ4v) is 3.61. The molecule has 2 N–H and O–H groups in total. The summed E-state index contributed by atoms with van der Waals surface area (Å²) < 4.78 is 17.1. The van der Waals surface area contributed by atoms with Crippen molar-refractivity contribution in [2.75, 3.05) is 45.9 Å². The first-order valence-electron chi connectivity index (χ1n) is 11.6. The number of aliphatic imine (C=N–C) groups is 1. The smallest absolute Gasteiger partial charge is 0.407 e. The molecular weight excluding hydrogens is 384 g/mol. The van der Waals surface area contributed by atoms with Crippen molar-refractivity contribution in [1.29, 1.82) is 0 Å². The quantitative estimate of drug-likeness (QED) is 0.353. The average Bonchev–Trinajstić information content (AvgIpc) is 2.71. The van der Waals surface area contributed by atoms with Crippen LogP contribution in [0.5, 0.6) is 0 Å². The highest BCUT2D eigenvalue weighted by atomic mass is 16.6. The molecule has 0 aromatic rings. The van der Waals surface area contributed by atoms with E-state index in [2.05, 4.69) is 22.5 Å². The molecule has 0 aromatic heterocycles. The van der Waals surface area contributed by atoms with Crippen LogP contribution in [0.25, 0.3) is 0 Å². The number of hydrogen-bond acceptors (Lipinski definition) is 5. The van der Waals surface area contributed by atoms with Crippen molar-refractivity contribution in [1.82, 2.24) is 15.5 Å². The van der Waals surface area contributed by atoms with Crippen molar-refractivity contribution in [2.45, 2.75) is 84.0 Å². The maximum absolute atomic E-state index is 11.7. The van der Waals surface area contributed by atoms with Gasteiger partial charge in [0.2, 0.25) is 0 Å². The molecule has 0 radical (unpaired) electrons. The predicted molar refractivity (Wildman–Crippen MR) is 119 cm³/mol. The minimum atomic E-state index is -0.473. The SMILES string of the molecule is CCNC(=NCCCNC(=O)OC(C)(C)C)N1CCC(OCC2CCCCO2)CC1. The fourth-order valence-electron chi connectivity index (χ4n) is 3.61. The molecule has 1 amide bonds. The van der Waals surface area contributed by atoms with Gasteiger partial charge >= 0.3 is 6.09 Å². The molecule has 2 fully saturated rings. The van der Waals surface area contributed by atoms with Gasteiger partial charge in [0.05, 0.1) is 18.8 Å². The molecule has 174 valence electrons. The maximum atomic E-state index is 11.7. The molecule has 2 heterocycles. The highest BCUT2D eigenvalue weighted by molar-refractivity contribution is 5.80. The Morgan fingerprint density at radius 2 is 1.93 bits per heavy atom. The standard InChI is InChI=1S/C22H42N4O4/c1-5-23-20(24-12-8-13-25-21(27)30-22(2,3)4)26-14-10-18(11-15-26)29-17-19-9-6-7-16-28-19/h18-19H,5-17H2,1-4H3,(H,23,24)(H,25,27). The molecule has 2 rings (SSSR count). The van der Waals surface area contributed by atoms with Gasteiger partial charge in [0.15, 0.2) is 5.96 Å². The highest BCUT2D eigenvalue weighted by Gasteiger charge is 2.23. The van der Waals surface area contributed by atoms with Gasteiger partial charge in [-0.05, 0) is 66.2 Å². The van der Waals surface area contributed by atoms with Gasteiger partial charge in [-0.25, -0.2) is 4.79 Å². The van der Waals surface area contributed by atoms with E-state index >= 15 is 0 Å². The number of carbonyl (C=O) groups excluding carboxylic acids is 1. The third-order valence-corrected chi connectivity index (χ3v) is 5.13. The molecule has 0 saturated carbocycles. The van der Waals surface area contributed by atoms with E-state index in [0.717, 1.165) is 64.5 Å². The zero-order valence-electron chi connectivity index (χ0n) is 19.4. The van der Waals surface area contributed by atoms with Gasteiger partial charge in [-0.1, -0.05) is 0 Å². The van der Waals surface area contributed by atoms with Crippen LogP contribution in [0.1, 0.15) is 66.2 Å². The van der Waals surface area contributed by atoms with Gasteiger partial charge in [0.1, 0.15) is 5.60 Å². The summed E-state index contributed by atoms with van der Waals surface area (Å²) in [4.78, 5) is 18.7. The van der Waals surface area contributed by atoms with Crippen LogP contribution in [0.4, 0.5) is 4.79 Å². The van der Waals surface area contributed by atoms with E-state index in [1.54, 1.807) is 0 Å². The molecule has 30 heavy (non-hydrogen) atoms. The number of hydrogen-bond donors (Lipinski definition) is 2. The second-order valence-electron chi connectivity index (χ2n) is 9.03. The lowest BCUT2D eigenvalue weighted by Gasteiger charge is -2.35. The topological polar surface area (TPSA) is 84.4 Å².